The monoisotopic (exact) mass is 364 g/mol. The maximum Gasteiger partial charge on any atom is 0.192 e. The summed E-state index contributed by atoms with van der Waals surface area (Å²) in [5, 5.41) is 21.0. The zero-order chi connectivity index (χ0) is 16.4. The molecule has 2 heterocycles. The van der Waals surface area contributed by atoms with Crippen LogP contribution < -0.4 is 5.11 Å². The van der Waals surface area contributed by atoms with E-state index in [-0.39, 0.29) is 5.75 Å². The molecular formula is C15H11ClN3O2S2-. The maximum atomic E-state index is 10.7. The van der Waals surface area contributed by atoms with E-state index in [1.807, 2.05) is 24.3 Å². The van der Waals surface area contributed by atoms with Crippen LogP contribution in [0.3, 0.4) is 0 Å². The van der Waals surface area contributed by atoms with E-state index in [4.69, 9.17) is 11.6 Å². The van der Waals surface area contributed by atoms with E-state index in [2.05, 4.69) is 16.8 Å². The minimum absolute atomic E-state index is 0.185. The highest BCUT2D eigenvalue weighted by Gasteiger charge is 2.19. The smallest absolute Gasteiger partial charge is 0.192 e. The first-order valence-electron chi connectivity index (χ1n) is 6.66. The van der Waals surface area contributed by atoms with E-state index in [1.165, 1.54) is 11.3 Å². The zero-order valence-corrected chi connectivity index (χ0v) is 14.2. The third-order valence-corrected chi connectivity index (χ3v) is 5.70. The Morgan fingerprint density at radius 3 is 2.91 bits per heavy atom. The van der Waals surface area contributed by atoms with Crippen LogP contribution in [-0.2, 0) is 11.3 Å². The van der Waals surface area contributed by atoms with Crippen molar-refractivity contribution in [2.75, 3.05) is 5.75 Å². The van der Waals surface area contributed by atoms with E-state index in [0.29, 0.717) is 22.5 Å². The van der Waals surface area contributed by atoms with E-state index >= 15 is 0 Å². The van der Waals surface area contributed by atoms with Crippen LogP contribution in [0.5, 0.6) is 0 Å². The van der Waals surface area contributed by atoms with Crippen molar-refractivity contribution in [2.45, 2.75) is 11.7 Å². The van der Waals surface area contributed by atoms with Gasteiger partial charge in [0.2, 0.25) is 0 Å². The molecule has 0 aliphatic rings. The number of fused-ring (bicyclic) bond motifs is 1. The summed E-state index contributed by atoms with van der Waals surface area (Å²) < 4.78 is 2.86. The SMILES string of the molecule is C=CCn1c(SCC(=O)[O-])nnc1-c1sc2ccccc2c1Cl. The van der Waals surface area contributed by atoms with Gasteiger partial charge < -0.3 is 9.90 Å². The average molecular weight is 365 g/mol. The molecule has 1 aromatic carbocycles. The summed E-state index contributed by atoms with van der Waals surface area (Å²) in [4.78, 5) is 11.5. The van der Waals surface area contributed by atoms with Gasteiger partial charge in [0.1, 0.15) is 0 Å². The third kappa shape index (κ3) is 3.12. The number of nitrogens with zero attached hydrogens (tertiary/aromatic N) is 3. The van der Waals surface area contributed by atoms with Gasteiger partial charge in [-0.15, -0.1) is 28.1 Å². The molecule has 0 fully saturated rings. The minimum Gasteiger partial charge on any atom is -0.549 e. The molecule has 0 spiro atoms. The van der Waals surface area contributed by atoms with Crippen LogP contribution in [0.4, 0.5) is 0 Å². The third-order valence-electron chi connectivity index (χ3n) is 3.09. The second-order valence-corrected chi connectivity index (χ2v) is 6.98. The molecular weight excluding hydrogens is 354 g/mol. The number of carbonyl (C=O) groups excluding carboxylic acids is 1. The van der Waals surface area contributed by atoms with Gasteiger partial charge in [-0.3, -0.25) is 4.57 Å². The normalized spacial score (nSPS) is 11.0. The quantitative estimate of drug-likeness (QED) is 0.497. The summed E-state index contributed by atoms with van der Waals surface area (Å²) in [5.74, 6) is -0.725. The fourth-order valence-corrected chi connectivity index (χ4v) is 4.31. The summed E-state index contributed by atoms with van der Waals surface area (Å²) in [5.41, 5.74) is 0. The molecule has 0 bridgehead atoms. The standard InChI is InChI=1S/C15H12ClN3O2S2/c1-2-7-19-14(17-18-15(19)22-8-11(20)21)13-12(16)9-5-3-4-6-10(9)23-13/h2-6H,1,7-8H2,(H,20,21)/p-1. The summed E-state index contributed by atoms with van der Waals surface area (Å²) in [6.07, 6.45) is 1.71. The minimum atomic E-state index is -1.15. The molecule has 0 saturated carbocycles. The molecule has 118 valence electrons. The number of rotatable bonds is 6. The highest BCUT2D eigenvalue weighted by Crippen LogP contribution is 2.41. The molecule has 0 aliphatic carbocycles. The van der Waals surface area contributed by atoms with Gasteiger partial charge in [0.25, 0.3) is 0 Å². The number of carbonyl (C=O) groups is 1. The molecule has 23 heavy (non-hydrogen) atoms. The first kappa shape index (κ1) is 16.0. The van der Waals surface area contributed by atoms with Gasteiger partial charge in [0, 0.05) is 22.4 Å². The van der Waals surface area contributed by atoms with Gasteiger partial charge in [-0.1, -0.05) is 47.6 Å². The van der Waals surface area contributed by atoms with E-state index in [9.17, 15) is 9.90 Å². The van der Waals surface area contributed by atoms with Crippen molar-refractivity contribution in [1.82, 2.24) is 14.8 Å². The number of thiophene rings is 1. The van der Waals surface area contributed by atoms with Crippen molar-refractivity contribution in [1.29, 1.82) is 0 Å². The van der Waals surface area contributed by atoms with E-state index < -0.39 is 5.97 Å². The molecule has 0 atom stereocenters. The molecule has 0 unspecified atom stereocenters. The van der Waals surface area contributed by atoms with Crippen molar-refractivity contribution in [2.24, 2.45) is 0 Å². The van der Waals surface area contributed by atoms with Crippen LogP contribution in [-0.4, -0.2) is 26.5 Å². The van der Waals surface area contributed by atoms with Crippen LogP contribution in [0.1, 0.15) is 0 Å². The zero-order valence-electron chi connectivity index (χ0n) is 11.9. The Hall–Kier alpha value is -1.83. The number of carboxylic acids is 1. The van der Waals surface area contributed by atoms with Crippen molar-refractivity contribution in [3.05, 3.63) is 41.9 Å². The van der Waals surface area contributed by atoms with Crippen molar-refractivity contribution in [3.8, 4) is 10.7 Å². The number of halogens is 1. The molecule has 0 radical (unpaired) electrons. The lowest BCUT2D eigenvalue weighted by atomic mass is 10.2. The van der Waals surface area contributed by atoms with Gasteiger partial charge in [-0.25, -0.2) is 0 Å². The number of allylic oxidation sites excluding steroid dienone is 1. The lowest BCUT2D eigenvalue weighted by Crippen LogP contribution is -2.24. The summed E-state index contributed by atoms with van der Waals surface area (Å²) >= 11 is 9.08. The van der Waals surface area contributed by atoms with Crippen LogP contribution in [0, 0.1) is 0 Å². The summed E-state index contributed by atoms with van der Waals surface area (Å²) in [6, 6.07) is 7.84. The Kier molecular flexibility index (Phi) is 4.70. The largest absolute Gasteiger partial charge is 0.549 e. The fraction of sp³-hybridized carbons (Fsp3) is 0.133. The predicted molar refractivity (Wildman–Crippen MR) is 91.8 cm³/mol. The van der Waals surface area contributed by atoms with Crippen molar-refractivity contribution < 1.29 is 9.90 Å². The summed E-state index contributed by atoms with van der Waals surface area (Å²) in [7, 11) is 0. The van der Waals surface area contributed by atoms with Gasteiger partial charge >= 0.3 is 0 Å². The Balaban J connectivity index is 2.08. The highest BCUT2D eigenvalue weighted by atomic mass is 35.5. The number of benzene rings is 1. The number of aromatic nitrogens is 3. The summed E-state index contributed by atoms with van der Waals surface area (Å²) in [6.45, 7) is 4.19. The van der Waals surface area contributed by atoms with Gasteiger partial charge in [-0.2, -0.15) is 0 Å². The predicted octanol–water partition coefficient (Wildman–Crippen LogP) is 2.84. The first-order valence-corrected chi connectivity index (χ1v) is 8.84. The molecule has 2 aromatic heterocycles. The fourth-order valence-electron chi connectivity index (χ4n) is 2.14. The van der Waals surface area contributed by atoms with Crippen LogP contribution >= 0.6 is 34.7 Å². The van der Waals surface area contributed by atoms with Crippen LogP contribution in [0.25, 0.3) is 20.8 Å². The number of thioether (sulfide) groups is 1. The topological polar surface area (TPSA) is 70.8 Å². The van der Waals surface area contributed by atoms with E-state index in [1.54, 1.807) is 10.6 Å². The maximum absolute atomic E-state index is 10.7. The Bertz CT molecular complexity index is 888. The lowest BCUT2D eigenvalue weighted by molar-refractivity contribution is -0.301. The number of carboxylic acid groups (broad SMARTS) is 1. The second-order valence-electron chi connectivity index (χ2n) is 4.61. The van der Waals surface area contributed by atoms with Crippen LogP contribution in [0.15, 0.2) is 42.1 Å². The number of hydrogen-bond donors (Lipinski definition) is 0. The van der Waals surface area contributed by atoms with Gasteiger partial charge in [-0.05, 0) is 6.07 Å². The molecule has 5 nitrogen and oxygen atoms in total. The molecule has 3 aromatic rings. The second kappa shape index (κ2) is 6.74. The molecule has 0 amide bonds. The Labute approximate surface area is 145 Å². The highest BCUT2D eigenvalue weighted by molar-refractivity contribution is 7.99. The Morgan fingerprint density at radius 1 is 1.43 bits per heavy atom. The molecule has 0 aliphatic heterocycles. The van der Waals surface area contributed by atoms with Crippen molar-refractivity contribution in [3.63, 3.8) is 0 Å². The number of hydrogen-bond acceptors (Lipinski definition) is 6. The van der Waals surface area contributed by atoms with Crippen molar-refractivity contribution >= 4 is 50.8 Å². The molecule has 3 rings (SSSR count). The molecule has 8 heteroatoms. The first-order chi connectivity index (χ1) is 11.1. The van der Waals surface area contributed by atoms with Gasteiger partial charge in [0.05, 0.1) is 15.9 Å². The molecule has 0 N–H and O–H groups in total. The lowest BCUT2D eigenvalue weighted by Gasteiger charge is -2.07. The van der Waals surface area contributed by atoms with Crippen LogP contribution in [0.2, 0.25) is 5.02 Å². The average Bonchev–Trinajstić information content (AvgIpc) is 3.07. The number of aliphatic carboxylic acids is 1. The van der Waals surface area contributed by atoms with E-state index in [0.717, 1.165) is 26.7 Å². The van der Waals surface area contributed by atoms with Gasteiger partial charge in [0.15, 0.2) is 11.0 Å². The Morgan fingerprint density at radius 2 is 2.22 bits per heavy atom. The molecule has 0 saturated heterocycles.